The van der Waals surface area contributed by atoms with E-state index in [1.54, 1.807) is 0 Å². The van der Waals surface area contributed by atoms with Gasteiger partial charge in [0.2, 0.25) is 0 Å². The largest absolute Gasteiger partial charge is 0.478 e. The third-order valence-electron chi connectivity index (χ3n) is 2.73. The molecule has 1 unspecified atom stereocenters. The van der Waals surface area contributed by atoms with E-state index >= 15 is 0 Å². The average molecular weight is 249 g/mol. The zero-order valence-electron chi connectivity index (χ0n) is 10.3. The van der Waals surface area contributed by atoms with Crippen molar-refractivity contribution in [3.8, 4) is 0 Å². The van der Waals surface area contributed by atoms with Gasteiger partial charge < -0.3 is 19.3 Å². The molecule has 0 saturated carbocycles. The molecule has 0 fully saturated rings. The Kier molecular flexibility index (Phi) is 3.53. The molecule has 0 saturated heterocycles. The second kappa shape index (κ2) is 5.10. The van der Waals surface area contributed by atoms with Crippen molar-refractivity contribution in [1.29, 1.82) is 0 Å². The van der Waals surface area contributed by atoms with E-state index in [9.17, 15) is 4.79 Å². The molecule has 2 aromatic heterocycles. The van der Waals surface area contributed by atoms with Crippen LogP contribution in [0, 0.1) is 6.92 Å². The van der Waals surface area contributed by atoms with Crippen LogP contribution in [0.3, 0.4) is 0 Å². The van der Waals surface area contributed by atoms with E-state index in [0.717, 1.165) is 11.5 Å². The Morgan fingerprint density at radius 3 is 2.83 bits per heavy atom. The van der Waals surface area contributed by atoms with E-state index < -0.39 is 5.97 Å². The lowest BCUT2D eigenvalue weighted by Gasteiger charge is -2.10. The zero-order valence-corrected chi connectivity index (χ0v) is 10.3. The van der Waals surface area contributed by atoms with E-state index in [1.165, 1.54) is 12.3 Å². The van der Waals surface area contributed by atoms with Crippen LogP contribution in [0.4, 0.5) is 0 Å². The average Bonchev–Trinajstić information content (AvgIpc) is 2.94. The first kappa shape index (κ1) is 12.4. The summed E-state index contributed by atoms with van der Waals surface area (Å²) < 4.78 is 10.6. The summed E-state index contributed by atoms with van der Waals surface area (Å²) in [5, 5.41) is 12.1. The molecular weight excluding hydrogens is 234 g/mol. The van der Waals surface area contributed by atoms with E-state index in [1.807, 2.05) is 26.0 Å². The molecule has 5 nitrogen and oxygen atoms in total. The predicted molar refractivity (Wildman–Crippen MR) is 64.4 cm³/mol. The zero-order chi connectivity index (χ0) is 13.1. The van der Waals surface area contributed by atoms with Crippen molar-refractivity contribution >= 4 is 5.97 Å². The Balaban J connectivity index is 1.99. The minimum Gasteiger partial charge on any atom is -0.478 e. The number of hydrogen-bond acceptors (Lipinski definition) is 4. The second-order valence-electron chi connectivity index (χ2n) is 4.11. The standard InChI is InChI=1S/C13H15NO4/c1-8-3-4-11(18-8)9(2)14-7-12-10(13(15)16)5-6-17-12/h3-6,9,14H,7H2,1-2H3,(H,15,16). The summed E-state index contributed by atoms with van der Waals surface area (Å²) in [7, 11) is 0. The van der Waals surface area contributed by atoms with Gasteiger partial charge in [-0.15, -0.1) is 0 Å². The molecular formula is C13H15NO4. The number of carbonyl (C=O) groups is 1. The maximum Gasteiger partial charge on any atom is 0.339 e. The van der Waals surface area contributed by atoms with Gasteiger partial charge in [-0.1, -0.05) is 0 Å². The van der Waals surface area contributed by atoms with E-state index in [0.29, 0.717) is 12.3 Å². The molecule has 0 aliphatic heterocycles. The van der Waals surface area contributed by atoms with Crippen LogP contribution in [0.2, 0.25) is 0 Å². The molecule has 0 aliphatic carbocycles. The van der Waals surface area contributed by atoms with Gasteiger partial charge in [-0.2, -0.15) is 0 Å². The minimum atomic E-state index is -0.984. The number of furan rings is 2. The Morgan fingerprint density at radius 2 is 2.22 bits per heavy atom. The highest BCUT2D eigenvalue weighted by Gasteiger charge is 2.15. The van der Waals surface area contributed by atoms with Gasteiger partial charge in [0.1, 0.15) is 22.8 Å². The molecule has 1 atom stereocenters. The number of carboxylic acids is 1. The van der Waals surface area contributed by atoms with Gasteiger partial charge in [0.05, 0.1) is 18.8 Å². The fourth-order valence-corrected chi connectivity index (χ4v) is 1.70. The Hall–Kier alpha value is -2.01. The second-order valence-corrected chi connectivity index (χ2v) is 4.11. The molecule has 0 bridgehead atoms. The molecule has 2 heterocycles. The highest BCUT2D eigenvalue weighted by Crippen LogP contribution is 2.17. The number of aromatic carboxylic acids is 1. The highest BCUT2D eigenvalue weighted by molar-refractivity contribution is 5.88. The van der Waals surface area contributed by atoms with Gasteiger partial charge in [-0.3, -0.25) is 0 Å². The van der Waals surface area contributed by atoms with Crippen LogP contribution in [0.25, 0.3) is 0 Å². The van der Waals surface area contributed by atoms with Crippen molar-refractivity contribution in [2.75, 3.05) is 0 Å². The molecule has 0 aromatic carbocycles. The van der Waals surface area contributed by atoms with Gasteiger partial charge in [0.25, 0.3) is 0 Å². The highest BCUT2D eigenvalue weighted by atomic mass is 16.4. The van der Waals surface area contributed by atoms with E-state index in [-0.39, 0.29) is 11.6 Å². The van der Waals surface area contributed by atoms with E-state index in [2.05, 4.69) is 5.32 Å². The predicted octanol–water partition coefficient (Wildman–Crippen LogP) is 2.73. The maximum atomic E-state index is 10.9. The van der Waals surface area contributed by atoms with E-state index in [4.69, 9.17) is 13.9 Å². The molecule has 2 N–H and O–H groups in total. The SMILES string of the molecule is Cc1ccc(C(C)NCc2occc2C(=O)O)o1. The molecule has 96 valence electrons. The third kappa shape index (κ3) is 2.62. The molecule has 2 aromatic rings. The van der Waals surface area contributed by atoms with Gasteiger partial charge in [-0.05, 0) is 32.0 Å². The summed E-state index contributed by atoms with van der Waals surface area (Å²) in [5.41, 5.74) is 0.185. The molecule has 2 rings (SSSR count). The molecule has 0 aliphatic rings. The van der Waals surface area contributed by atoms with Crippen molar-refractivity contribution in [3.63, 3.8) is 0 Å². The fourth-order valence-electron chi connectivity index (χ4n) is 1.70. The molecule has 0 amide bonds. The van der Waals surface area contributed by atoms with Crippen LogP contribution in [0.15, 0.2) is 33.3 Å². The van der Waals surface area contributed by atoms with Crippen molar-refractivity contribution in [2.45, 2.75) is 26.4 Å². The Bertz CT molecular complexity index is 541. The first-order chi connectivity index (χ1) is 8.58. The summed E-state index contributed by atoms with van der Waals surface area (Å²) in [4.78, 5) is 10.9. The smallest absolute Gasteiger partial charge is 0.339 e. The Labute approximate surface area is 104 Å². The third-order valence-corrected chi connectivity index (χ3v) is 2.73. The monoisotopic (exact) mass is 249 g/mol. The van der Waals surface area contributed by atoms with Crippen LogP contribution in [-0.4, -0.2) is 11.1 Å². The maximum absolute atomic E-state index is 10.9. The Morgan fingerprint density at radius 1 is 1.44 bits per heavy atom. The van der Waals surface area contributed by atoms with Crippen LogP contribution < -0.4 is 5.32 Å². The first-order valence-corrected chi connectivity index (χ1v) is 5.67. The van der Waals surface area contributed by atoms with Crippen molar-refractivity contribution in [3.05, 3.63) is 47.3 Å². The summed E-state index contributed by atoms with van der Waals surface area (Å²) >= 11 is 0. The normalized spacial score (nSPS) is 12.6. The molecule has 0 spiro atoms. The van der Waals surface area contributed by atoms with Crippen LogP contribution in [0.5, 0.6) is 0 Å². The van der Waals surface area contributed by atoms with Crippen LogP contribution in [-0.2, 0) is 6.54 Å². The number of hydrogen-bond donors (Lipinski definition) is 2. The molecule has 0 radical (unpaired) electrons. The van der Waals surface area contributed by atoms with Crippen molar-refractivity contribution < 1.29 is 18.7 Å². The number of aryl methyl sites for hydroxylation is 1. The lowest BCUT2D eigenvalue weighted by atomic mass is 10.2. The van der Waals surface area contributed by atoms with Crippen molar-refractivity contribution in [2.24, 2.45) is 0 Å². The fraction of sp³-hybridized carbons (Fsp3) is 0.308. The van der Waals surface area contributed by atoms with Gasteiger partial charge >= 0.3 is 5.97 Å². The quantitative estimate of drug-likeness (QED) is 0.852. The minimum absolute atomic E-state index is 0.00885. The number of nitrogens with one attached hydrogen (secondary N) is 1. The van der Waals surface area contributed by atoms with Gasteiger partial charge in [0, 0.05) is 0 Å². The number of carboxylic acid groups (broad SMARTS) is 1. The topological polar surface area (TPSA) is 75.6 Å². The first-order valence-electron chi connectivity index (χ1n) is 5.67. The lowest BCUT2D eigenvalue weighted by Crippen LogP contribution is -2.18. The summed E-state index contributed by atoms with van der Waals surface area (Å²) in [6, 6.07) is 5.22. The van der Waals surface area contributed by atoms with Crippen LogP contribution >= 0.6 is 0 Å². The summed E-state index contributed by atoms with van der Waals surface area (Å²) in [6.45, 7) is 4.17. The van der Waals surface area contributed by atoms with Gasteiger partial charge in [-0.25, -0.2) is 4.79 Å². The molecule has 5 heteroatoms. The van der Waals surface area contributed by atoms with Crippen molar-refractivity contribution in [1.82, 2.24) is 5.32 Å². The summed E-state index contributed by atoms with van der Waals surface area (Å²) in [5.74, 6) is 1.10. The lowest BCUT2D eigenvalue weighted by molar-refractivity contribution is 0.0694. The molecule has 18 heavy (non-hydrogen) atoms. The summed E-state index contributed by atoms with van der Waals surface area (Å²) in [6.07, 6.45) is 1.38. The number of rotatable bonds is 5. The van der Waals surface area contributed by atoms with Crippen LogP contribution in [0.1, 0.15) is 40.6 Å². The van der Waals surface area contributed by atoms with Gasteiger partial charge in [0.15, 0.2) is 0 Å².